The minimum Gasteiger partial charge on any atom is -0.448 e. The number of thiocarbonyl (C=S) groups is 1. The van der Waals surface area contributed by atoms with Crippen molar-refractivity contribution in [3.05, 3.63) is 48.6 Å². The Hall–Kier alpha value is -1.68. The van der Waals surface area contributed by atoms with E-state index in [-0.39, 0.29) is 11.9 Å². The van der Waals surface area contributed by atoms with Crippen molar-refractivity contribution in [1.82, 2.24) is 0 Å². The minimum atomic E-state index is -0.574. The molecule has 3 nitrogen and oxygen atoms in total. The molecular weight excluding hydrogens is 248 g/mol. The predicted molar refractivity (Wildman–Crippen MR) is 72.2 cm³/mol. The summed E-state index contributed by atoms with van der Waals surface area (Å²) >= 11 is 5.09. The lowest BCUT2D eigenvalue weighted by molar-refractivity contribution is -0.0430. The lowest BCUT2D eigenvalue weighted by atomic mass is 10.0. The van der Waals surface area contributed by atoms with Gasteiger partial charge in [-0.2, -0.15) is 0 Å². The Morgan fingerprint density at radius 1 is 1.50 bits per heavy atom. The molecule has 1 aliphatic rings. The third-order valence-corrected chi connectivity index (χ3v) is 3.19. The minimum absolute atomic E-state index is 0.117. The van der Waals surface area contributed by atoms with Gasteiger partial charge in [0.1, 0.15) is 0 Å². The van der Waals surface area contributed by atoms with E-state index in [1.165, 1.54) is 0 Å². The number of carbonyl (C=O) groups excluding carboxylic acids is 1. The van der Waals surface area contributed by atoms with Crippen molar-refractivity contribution in [2.45, 2.75) is 19.1 Å². The van der Waals surface area contributed by atoms with Crippen LogP contribution in [-0.2, 0) is 9.47 Å². The number of hydrogen-bond donors (Lipinski definition) is 0. The van der Waals surface area contributed by atoms with Crippen molar-refractivity contribution < 1.29 is 14.3 Å². The molecular formula is C14H14O3S. The molecule has 18 heavy (non-hydrogen) atoms. The van der Waals surface area contributed by atoms with Gasteiger partial charge >= 0.3 is 5.97 Å². The summed E-state index contributed by atoms with van der Waals surface area (Å²) in [7, 11) is 0. The van der Waals surface area contributed by atoms with Crippen molar-refractivity contribution in [3.8, 4) is 0 Å². The van der Waals surface area contributed by atoms with Crippen LogP contribution in [0.15, 0.2) is 43.0 Å². The van der Waals surface area contributed by atoms with Gasteiger partial charge in [0.05, 0.1) is 5.56 Å². The molecule has 0 bridgehead atoms. The van der Waals surface area contributed by atoms with Crippen LogP contribution in [0, 0.1) is 5.92 Å². The fourth-order valence-electron chi connectivity index (χ4n) is 1.83. The molecule has 0 amide bonds. The summed E-state index contributed by atoms with van der Waals surface area (Å²) in [5.41, 5.74) is 0.513. The van der Waals surface area contributed by atoms with Crippen LogP contribution in [0.2, 0.25) is 0 Å². The van der Waals surface area contributed by atoms with Crippen LogP contribution in [0.3, 0.4) is 0 Å². The highest BCUT2D eigenvalue weighted by Crippen LogP contribution is 2.26. The molecule has 0 radical (unpaired) electrons. The first kappa shape index (κ1) is 12.8. The summed E-state index contributed by atoms with van der Waals surface area (Å²) in [6, 6.07) is 8.83. The van der Waals surface area contributed by atoms with Crippen molar-refractivity contribution in [3.63, 3.8) is 0 Å². The summed E-state index contributed by atoms with van der Waals surface area (Å²) in [5, 5.41) is 0.501. The molecule has 1 aliphatic heterocycles. The topological polar surface area (TPSA) is 35.5 Å². The van der Waals surface area contributed by atoms with E-state index in [0.29, 0.717) is 17.0 Å². The number of rotatable bonds is 4. The second-order valence-corrected chi connectivity index (χ2v) is 4.50. The molecule has 1 aromatic carbocycles. The molecule has 4 heteroatoms. The smallest absolute Gasteiger partial charge is 0.341 e. The zero-order chi connectivity index (χ0) is 13.0. The van der Waals surface area contributed by atoms with Gasteiger partial charge in [0, 0.05) is 12.3 Å². The molecule has 0 aliphatic carbocycles. The van der Waals surface area contributed by atoms with Crippen molar-refractivity contribution in [1.29, 1.82) is 0 Å². The standard InChI is InChI=1S/C14H14O3S/c1-2-6-11-9-12(17-14(11)18)16-13(15)10-7-4-3-5-8-10/h2-5,7-8,11-12H,1,6,9H2. The molecule has 94 valence electrons. The van der Waals surface area contributed by atoms with E-state index in [9.17, 15) is 4.79 Å². The lowest BCUT2D eigenvalue weighted by Crippen LogP contribution is -2.17. The molecule has 1 heterocycles. The molecule has 1 fully saturated rings. The lowest BCUT2D eigenvalue weighted by Gasteiger charge is -2.10. The van der Waals surface area contributed by atoms with E-state index in [2.05, 4.69) is 6.58 Å². The third kappa shape index (κ3) is 2.96. The predicted octanol–water partition coefficient (Wildman–Crippen LogP) is 3.11. The van der Waals surface area contributed by atoms with Gasteiger partial charge in [0.15, 0.2) is 5.05 Å². The highest BCUT2D eigenvalue weighted by Gasteiger charge is 2.33. The first-order valence-electron chi connectivity index (χ1n) is 5.78. The number of benzene rings is 1. The normalized spacial score (nSPS) is 22.3. The molecule has 0 N–H and O–H groups in total. The molecule has 0 saturated carbocycles. The van der Waals surface area contributed by atoms with Crippen LogP contribution in [0.1, 0.15) is 23.2 Å². The van der Waals surface area contributed by atoms with Crippen LogP contribution in [0.25, 0.3) is 0 Å². The first-order valence-corrected chi connectivity index (χ1v) is 6.19. The average Bonchev–Trinajstić information content (AvgIpc) is 2.71. The highest BCUT2D eigenvalue weighted by atomic mass is 32.1. The van der Waals surface area contributed by atoms with E-state index < -0.39 is 6.29 Å². The van der Waals surface area contributed by atoms with Crippen LogP contribution in [-0.4, -0.2) is 17.3 Å². The Bertz CT molecular complexity index is 455. The highest BCUT2D eigenvalue weighted by molar-refractivity contribution is 7.80. The monoisotopic (exact) mass is 262 g/mol. The van der Waals surface area contributed by atoms with Gasteiger partial charge in [-0.3, -0.25) is 0 Å². The van der Waals surface area contributed by atoms with Crippen LogP contribution in [0.4, 0.5) is 0 Å². The second-order valence-electron chi connectivity index (χ2n) is 4.09. The molecule has 0 aromatic heterocycles. The molecule has 2 unspecified atom stereocenters. The Kier molecular flexibility index (Phi) is 4.10. The zero-order valence-corrected chi connectivity index (χ0v) is 10.7. The summed E-state index contributed by atoms with van der Waals surface area (Å²) in [5.74, 6) is -0.270. The average molecular weight is 262 g/mol. The number of carbonyl (C=O) groups is 1. The molecule has 0 spiro atoms. The van der Waals surface area contributed by atoms with E-state index in [0.717, 1.165) is 6.42 Å². The van der Waals surface area contributed by atoms with Crippen molar-refractivity contribution in [2.75, 3.05) is 0 Å². The van der Waals surface area contributed by atoms with Gasteiger partial charge in [-0.25, -0.2) is 4.79 Å². The Balaban J connectivity index is 1.94. The van der Waals surface area contributed by atoms with E-state index in [4.69, 9.17) is 21.7 Å². The molecule has 2 rings (SSSR count). The first-order chi connectivity index (χ1) is 8.70. The Labute approximate surface area is 111 Å². The second kappa shape index (κ2) is 5.78. The van der Waals surface area contributed by atoms with Gasteiger partial charge in [-0.15, -0.1) is 6.58 Å². The summed E-state index contributed by atoms with van der Waals surface area (Å²) in [4.78, 5) is 11.8. The van der Waals surface area contributed by atoms with Crippen LogP contribution in [0.5, 0.6) is 0 Å². The number of esters is 1. The summed E-state index contributed by atoms with van der Waals surface area (Å²) in [6.45, 7) is 3.67. The fraction of sp³-hybridized carbons (Fsp3) is 0.286. The SMILES string of the molecule is C=CCC1CC(OC(=O)c2ccccc2)OC1=S. The van der Waals surface area contributed by atoms with Gasteiger partial charge in [-0.05, 0) is 30.8 Å². The Morgan fingerprint density at radius 3 is 2.89 bits per heavy atom. The largest absolute Gasteiger partial charge is 0.448 e. The number of ether oxygens (including phenoxy) is 2. The maximum atomic E-state index is 11.8. The molecule has 1 saturated heterocycles. The summed E-state index contributed by atoms with van der Waals surface area (Å²) in [6.07, 6.45) is 2.57. The molecule has 1 aromatic rings. The fourth-order valence-corrected chi connectivity index (χ4v) is 2.13. The number of hydrogen-bond acceptors (Lipinski definition) is 4. The van der Waals surface area contributed by atoms with Gasteiger partial charge in [-0.1, -0.05) is 24.3 Å². The van der Waals surface area contributed by atoms with E-state index >= 15 is 0 Å². The van der Waals surface area contributed by atoms with Crippen LogP contribution < -0.4 is 0 Å². The quantitative estimate of drug-likeness (QED) is 0.474. The van der Waals surface area contributed by atoms with Crippen molar-refractivity contribution in [2.24, 2.45) is 5.92 Å². The van der Waals surface area contributed by atoms with Gasteiger partial charge in [0.25, 0.3) is 0 Å². The Morgan fingerprint density at radius 2 is 2.22 bits per heavy atom. The summed E-state index contributed by atoms with van der Waals surface area (Å²) < 4.78 is 10.6. The third-order valence-electron chi connectivity index (χ3n) is 2.76. The zero-order valence-electron chi connectivity index (χ0n) is 9.87. The maximum absolute atomic E-state index is 11.8. The molecule has 2 atom stereocenters. The van der Waals surface area contributed by atoms with E-state index in [1.807, 2.05) is 6.07 Å². The van der Waals surface area contributed by atoms with Crippen LogP contribution >= 0.6 is 12.2 Å². The van der Waals surface area contributed by atoms with Gasteiger partial charge in [0.2, 0.25) is 6.29 Å². The van der Waals surface area contributed by atoms with E-state index in [1.54, 1.807) is 30.3 Å². The van der Waals surface area contributed by atoms with Gasteiger partial charge < -0.3 is 9.47 Å². The van der Waals surface area contributed by atoms with Crippen molar-refractivity contribution >= 4 is 23.2 Å². The number of allylic oxidation sites excluding steroid dienone is 1. The maximum Gasteiger partial charge on any atom is 0.341 e.